The molecule has 2 heterocycles. The molecule has 3 aromatic rings. The number of hydrogen-bond donors (Lipinski definition) is 0. The summed E-state index contributed by atoms with van der Waals surface area (Å²) in [5.41, 5.74) is 2.40. The lowest BCUT2D eigenvalue weighted by atomic mass is 9.97. The first-order valence-electron chi connectivity index (χ1n) is 8.84. The van der Waals surface area contributed by atoms with E-state index < -0.39 is 5.92 Å². The van der Waals surface area contributed by atoms with E-state index >= 15 is 0 Å². The van der Waals surface area contributed by atoms with Crippen molar-refractivity contribution in [3.05, 3.63) is 72.9 Å². The second-order valence-electron chi connectivity index (χ2n) is 6.54. The van der Waals surface area contributed by atoms with Crippen LogP contribution in [0.4, 0.5) is 5.69 Å². The first kappa shape index (κ1) is 17.1. The summed E-state index contributed by atoms with van der Waals surface area (Å²) in [5, 5.41) is 0.993. The fourth-order valence-corrected chi connectivity index (χ4v) is 3.79. The van der Waals surface area contributed by atoms with Gasteiger partial charge in [-0.2, -0.15) is 0 Å². The number of nitrogens with zero attached hydrogens (tertiary/aromatic N) is 2. The summed E-state index contributed by atoms with van der Waals surface area (Å²) in [4.78, 5) is 27.2. The summed E-state index contributed by atoms with van der Waals surface area (Å²) < 4.78 is 7.40. The van der Waals surface area contributed by atoms with Crippen LogP contribution in [0.25, 0.3) is 10.9 Å². The second-order valence-corrected chi connectivity index (χ2v) is 6.54. The van der Waals surface area contributed by atoms with Crippen molar-refractivity contribution >= 4 is 28.4 Å². The summed E-state index contributed by atoms with van der Waals surface area (Å²) in [6, 6.07) is 15.0. The molecule has 0 saturated carbocycles. The lowest BCUT2D eigenvalue weighted by Crippen LogP contribution is -2.30. The Bertz CT molecular complexity index is 1050. The number of rotatable bonds is 5. The molecule has 5 heteroatoms. The smallest absolute Gasteiger partial charge is 0.242 e. The molecule has 0 radical (unpaired) electrons. The number of benzene rings is 2. The third-order valence-corrected chi connectivity index (χ3v) is 4.99. The highest BCUT2D eigenvalue weighted by atomic mass is 16.5. The van der Waals surface area contributed by atoms with Crippen LogP contribution in [0.5, 0.6) is 5.75 Å². The topological polar surface area (TPSA) is 51.5 Å². The minimum atomic E-state index is -0.502. The van der Waals surface area contributed by atoms with Gasteiger partial charge in [-0.05, 0) is 23.8 Å². The fourth-order valence-electron chi connectivity index (χ4n) is 3.79. The van der Waals surface area contributed by atoms with Crippen molar-refractivity contribution in [3.63, 3.8) is 0 Å². The number of anilines is 1. The van der Waals surface area contributed by atoms with Crippen LogP contribution in [-0.4, -0.2) is 23.5 Å². The lowest BCUT2D eigenvalue weighted by molar-refractivity contribution is -0.121. The zero-order valence-corrected chi connectivity index (χ0v) is 15.1. The SMILES string of the molecule is C=CCn1cc(C2CC(=O)N(c3ccccc3OC)C2=O)c2ccccc21. The molecule has 27 heavy (non-hydrogen) atoms. The molecule has 1 fully saturated rings. The maximum Gasteiger partial charge on any atom is 0.242 e. The zero-order valence-electron chi connectivity index (χ0n) is 15.1. The quantitative estimate of drug-likeness (QED) is 0.512. The number of fused-ring (bicyclic) bond motifs is 1. The first-order chi connectivity index (χ1) is 13.2. The number of methoxy groups -OCH3 is 1. The van der Waals surface area contributed by atoms with Gasteiger partial charge in [0.1, 0.15) is 5.75 Å². The van der Waals surface area contributed by atoms with Gasteiger partial charge >= 0.3 is 0 Å². The lowest BCUT2D eigenvalue weighted by Gasteiger charge is -2.17. The average Bonchev–Trinajstić information content (AvgIpc) is 3.19. The van der Waals surface area contributed by atoms with Crippen molar-refractivity contribution in [1.82, 2.24) is 4.57 Å². The van der Waals surface area contributed by atoms with Crippen molar-refractivity contribution in [2.75, 3.05) is 12.0 Å². The van der Waals surface area contributed by atoms with Crippen molar-refractivity contribution in [2.24, 2.45) is 0 Å². The van der Waals surface area contributed by atoms with Crippen LogP contribution in [0.3, 0.4) is 0 Å². The van der Waals surface area contributed by atoms with E-state index in [0.29, 0.717) is 18.0 Å². The van der Waals surface area contributed by atoms with Crippen molar-refractivity contribution in [2.45, 2.75) is 18.9 Å². The van der Waals surface area contributed by atoms with Gasteiger partial charge in [0.25, 0.3) is 0 Å². The maximum absolute atomic E-state index is 13.2. The number of imide groups is 1. The van der Waals surface area contributed by atoms with Gasteiger partial charge in [-0.3, -0.25) is 9.59 Å². The molecule has 5 nitrogen and oxygen atoms in total. The van der Waals surface area contributed by atoms with Crippen LogP contribution >= 0.6 is 0 Å². The minimum Gasteiger partial charge on any atom is -0.495 e. The molecule has 2 aromatic carbocycles. The molecule has 1 aliphatic heterocycles. The minimum absolute atomic E-state index is 0.152. The van der Waals surface area contributed by atoms with Gasteiger partial charge in [-0.15, -0.1) is 6.58 Å². The van der Waals surface area contributed by atoms with Crippen molar-refractivity contribution < 1.29 is 14.3 Å². The molecular formula is C22H20N2O3. The molecule has 1 saturated heterocycles. The van der Waals surface area contributed by atoms with Gasteiger partial charge in [-0.25, -0.2) is 4.90 Å². The van der Waals surface area contributed by atoms with E-state index in [2.05, 4.69) is 11.1 Å². The van der Waals surface area contributed by atoms with Crippen LogP contribution in [-0.2, 0) is 16.1 Å². The number of amides is 2. The predicted octanol–water partition coefficient (Wildman–Crippen LogP) is 3.88. The Morgan fingerprint density at radius 3 is 2.67 bits per heavy atom. The van der Waals surface area contributed by atoms with Crippen LogP contribution < -0.4 is 9.64 Å². The average molecular weight is 360 g/mol. The van der Waals surface area contributed by atoms with Gasteiger partial charge in [-0.1, -0.05) is 36.4 Å². The number of aromatic nitrogens is 1. The molecule has 1 unspecified atom stereocenters. The number of carbonyl (C=O) groups is 2. The normalized spacial score (nSPS) is 16.9. The molecule has 0 bridgehead atoms. The maximum atomic E-state index is 13.2. The Labute approximate surface area is 157 Å². The van der Waals surface area contributed by atoms with Crippen molar-refractivity contribution in [3.8, 4) is 5.75 Å². The van der Waals surface area contributed by atoms with Gasteiger partial charge < -0.3 is 9.30 Å². The van der Waals surface area contributed by atoms with E-state index in [1.807, 2.05) is 42.6 Å². The summed E-state index contributed by atoms with van der Waals surface area (Å²) >= 11 is 0. The molecular weight excluding hydrogens is 340 g/mol. The van der Waals surface area contributed by atoms with E-state index in [1.165, 1.54) is 12.0 Å². The van der Waals surface area contributed by atoms with Gasteiger partial charge in [0.15, 0.2) is 0 Å². The van der Waals surface area contributed by atoms with Crippen LogP contribution in [0.1, 0.15) is 17.9 Å². The van der Waals surface area contributed by atoms with Crippen LogP contribution in [0.15, 0.2) is 67.4 Å². The number of hydrogen-bond acceptors (Lipinski definition) is 3. The predicted molar refractivity (Wildman–Crippen MR) is 105 cm³/mol. The summed E-state index contributed by atoms with van der Waals surface area (Å²) in [6.45, 7) is 4.45. The fraction of sp³-hybridized carbons (Fsp3) is 0.182. The molecule has 0 N–H and O–H groups in total. The van der Waals surface area contributed by atoms with E-state index in [-0.39, 0.29) is 18.2 Å². The molecule has 0 spiro atoms. The van der Waals surface area contributed by atoms with Crippen molar-refractivity contribution in [1.29, 1.82) is 0 Å². The van der Waals surface area contributed by atoms with Crippen LogP contribution in [0, 0.1) is 0 Å². The number of carbonyl (C=O) groups excluding carboxylic acids is 2. The Balaban J connectivity index is 1.79. The molecule has 2 amide bonds. The highest BCUT2D eigenvalue weighted by Gasteiger charge is 2.42. The van der Waals surface area contributed by atoms with E-state index in [0.717, 1.165) is 16.5 Å². The molecule has 0 aliphatic carbocycles. The van der Waals surface area contributed by atoms with E-state index in [4.69, 9.17) is 4.74 Å². The summed E-state index contributed by atoms with van der Waals surface area (Å²) in [7, 11) is 1.53. The number of para-hydroxylation sites is 3. The molecule has 1 atom stereocenters. The van der Waals surface area contributed by atoms with Gasteiger partial charge in [0, 0.05) is 30.1 Å². The third-order valence-electron chi connectivity index (χ3n) is 4.99. The molecule has 136 valence electrons. The molecule has 1 aromatic heterocycles. The zero-order chi connectivity index (χ0) is 19.0. The summed E-state index contributed by atoms with van der Waals surface area (Å²) in [6.07, 6.45) is 3.94. The molecule has 1 aliphatic rings. The Morgan fingerprint density at radius 2 is 1.89 bits per heavy atom. The first-order valence-corrected chi connectivity index (χ1v) is 8.84. The largest absolute Gasteiger partial charge is 0.495 e. The second kappa shape index (κ2) is 6.76. The van der Waals surface area contributed by atoms with E-state index in [9.17, 15) is 9.59 Å². The molecule has 4 rings (SSSR count). The monoisotopic (exact) mass is 360 g/mol. The Morgan fingerprint density at radius 1 is 1.15 bits per heavy atom. The number of allylic oxidation sites excluding steroid dienone is 1. The highest BCUT2D eigenvalue weighted by Crippen LogP contribution is 2.40. The standard InChI is InChI=1S/C22H20N2O3/c1-3-12-23-14-17(15-8-4-5-9-18(15)23)16-13-21(25)24(22(16)26)19-10-6-7-11-20(19)27-2/h3-11,14,16H,1,12-13H2,2H3. The van der Waals surface area contributed by atoms with Crippen LogP contribution in [0.2, 0.25) is 0 Å². The number of ether oxygens (including phenoxy) is 1. The van der Waals surface area contributed by atoms with Gasteiger partial charge in [0.05, 0.1) is 18.7 Å². The highest BCUT2D eigenvalue weighted by molar-refractivity contribution is 6.24. The summed E-state index contributed by atoms with van der Waals surface area (Å²) in [5.74, 6) is -0.423. The third kappa shape index (κ3) is 2.72. The Hall–Kier alpha value is -3.34. The Kier molecular flexibility index (Phi) is 4.28. The van der Waals surface area contributed by atoms with E-state index in [1.54, 1.807) is 18.2 Å². The van der Waals surface area contributed by atoms with Gasteiger partial charge in [0.2, 0.25) is 11.8 Å².